The number of nitrogens with one attached hydrogen (secondary N) is 4. The first kappa shape index (κ1) is 35.5. The number of furan rings is 1. The number of alkyl carbamates (subject to hydrolysis) is 2. The quantitative estimate of drug-likeness (QED) is 0.147. The normalized spacial score (nSPS) is 11.5. The number of ketones is 1. The molecule has 0 saturated heterocycles. The zero-order chi connectivity index (χ0) is 34.1. The number of hydrogen-bond donors (Lipinski definition) is 4. The summed E-state index contributed by atoms with van der Waals surface area (Å²) in [6.45, 7) is 12.8. The zero-order valence-corrected chi connectivity index (χ0v) is 27.2. The minimum absolute atomic E-state index is 0.0257. The van der Waals surface area contributed by atoms with Gasteiger partial charge in [0.05, 0.1) is 5.39 Å². The molecule has 0 aliphatic carbocycles. The second-order valence-electron chi connectivity index (χ2n) is 12.3. The summed E-state index contributed by atoms with van der Waals surface area (Å²) in [5.41, 5.74) is -1.21. The van der Waals surface area contributed by atoms with E-state index in [4.69, 9.17) is 23.4 Å². The van der Waals surface area contributed by atoms with Crippen LogP contribution in [-0.2, 0) is 9.47 Å². The van der Waals surface area contributed by atoms with Crippen LogP contribution < -0.4 is 30.7 Å². The molecule has 0 bridgehead atoms. The van der Waals surface area contributed by atoms with Crippen LogP contribution in [0.25, 0.3) is 21.7 Å². The van der Waals surface area contributed by atoms with Gasteiger partial charge in [-0.3, -0.25) is 4.79 Å². The summed E-state index contributed by atoms with van der Waals surface area (Å²) >= 11 is 0. The molecule has 0 fully saturated rings. The third-order valence-electron chi connectivity index (χ3n) is 5.92. The van der Waals surface area contributed by atoms with Gasteiger partial charge in [-0.1, -0.05) is 24.3 Å². The Balaban J connectivity index is 1.70. The second kappa shape index (κ2) is 15.3. The molecule has 3 aromatic rings. The SMILES string of the molecule is CC(=O)c1cc2c(OC(=O)NCCCNC(=O)OC(C)(C)C)c3ccccc3c(OC(=O)NCCCNC(=O)OC(C)(C)C)c2o1. The van der Waals surface area contributed by atoms with Crippen molar-refractivity contribution >= 4 is 51.9 Å². The van der Waals surface area contributed by atoms with Crippen molar-refractivity contribution in [2.45, 2.75) is 72.5 Å². The molecule has 14 heteroatoms. The van der Waals surface area contributed by atoms with E-state index in [0.717, 1.165) is 0 Å². The number of fused-ring (bicyclic) bond motifs is 2. The van der Waals surface area contributed by atoms with E-state index >= 15 is 0 Å². The second-order valence-corrected chi connectivity index (χ2v) is 12.3. The molecular formula is C32H42N4O10. The van der Waals surface area contributed by atoms with Gasteiger partial charge in [-0.25, -0.2) is 19.2 Å². The van der Waals surface area contributed by atoms with Crippen molar-refractivity contribution in [2.75, 3.05) is 26.2 Å². The molecule has 0 aliphatic rings. The third-order valence-corrected chi connectivity index (χ3v) is 5.92. The summed E-state index contributed by atoms with van der Waals surface area (Å²) < 4.78 is 27.5. The molecule has 4 N–H and O–H groups in total. The van der Waals surface area contributed by atoms with E-state index in [2.05, 4.69) is 21.3 Å². The summed E-state index contributed by atoms with van der Waals surface area (Å²) in [4.78, 5) is 61.4. The van der Waals surface area contributed by atoms with E-state index in [-0.39, 0.29) is 60.2 Å². The van der Waals surface area contributed by atoms with Gasteiger partial charge in [-0.15, -0.1) is 0 Å². The van der Waals surface area contributed by atoms with Crippen molar-refractivity contribution in [2.24, 2.45) is 0 Å². The Kier molecular flexibility index (Phi) is 11.8. The van der Waals surface area contributed by atoms with E-state index in [1.54, 1.807) is 65.8 Å². The summed E-state index contributed by atoms with van der Waals surface area (Å²) in [7, 11) is 0. The van der Waals surface area contributed by atoms with Crippen LogP contribution in [0.3, 0.4) is 0 Å². The number of benzene rings is 2. The van der Waals surface area contributed by atoms with Crippen LogP contribution in [0, 0.1) is 0 Å². The Morgan fingerprint density at radius 2 is 1.04 bits per heavy atom. The summed E-state index contributed by atoms with van der Waals surface area (Å²) in [5.74, 6) is -0.279. The van der Waals surface area contributed by atoms with Crippen molar-refractivity contribution < 1.29 is 47.3 Å². The highest BCUT2D eigenvalue weighted by Crippen LogP contribution is 2.44. The summed E-state index contributed by atoms with van der Waals surface area (Å²) in [5, 5.41) is 11.5. The first-order valence-electron chi connectivity index (χ1n) is 14.9. The van der Waals surface area contributed by atoms with Gasteiger partial charge in [-0.2, -0.15) is 0 Å². The standard InChI is InChI=1S/C32H42N4O10/c1-19(37)23-18-22-24(43-27(38)33-14-10-16-35-29(40)45-31(2,3)4)20-12-8-9-13-21(20)25(26(22)42-23)44-28(39)34-15-11-17-36-30(41)46-32(5,6)7/h8-9,12-13,18H,10-11,14-17H2,1-7H3,(H,33,38)(H,34,39)(H,35,40)(H,36,41). The van der Waals surface area contributed by atoms with E-state index in [9.17, 15) is 24.0 Å². The monoisotopic (exact) mass is 642 g/mol. The zero-order valence-electron chi connectivity index (χ0n) is 27.2. The minimum Gasteiger partial charge on any atom is -0.449 e. The van der Waals surface area contributed by atoms with Crippen LogP contribution in [0.2, 0.25) is 0 Å². The molecular weight excluding hydrogens is 600 g/mol. The lowest BCUT2D eigenvalue weighted by atomic mass is 10.1. The van der Waals surface area contributed by atoms with Crippen LogP contribution in [0.1, 0.15) is 71.9 Å². The number of amides is 4. The largest absolute Gasteiger partial charge is 0.449 e. The molecule has 0 radical (unpaired) electrons. The Hall–Kier alpha value is -5.01. The van der Waals surface area contributed by atoms with Crippen molar-refractivity contribution in [1.29, 1.82) is 0 Å². The number of carbonyl (C=O) groups is 5. The minimum atomic E-state index is -0.795. The number of carbonyl (C=O) groups excluding carboxylic acids is 5. The van der Waals surface area contributed by atoms with Crippen LogP contribution in [0.5, 0.6) is 11.5 Å². The smallest absolute Gasteiger partial charge is 0.412 e. The predicted molar refractivity (Wildman–Crippen MR) is 169 cm³/mol. The Morgan fingerprint density at radius 3 is 1.48 bits per heavy atom. The molecule has 250 valence electrons. The van der Waals surface area contributed by atoms with Gasteiger partial charge >= 0.3 is 24.4 Å². The first-order chi connectivity index (χ1) is 21.5. The molecule has 2 aromatic carbocycles. The molecule has 14 nitrogen and oxygen atoms in total. The topological polar surface area (TPSA) is 184 Å². The lowest BCUT2D eigenvalue weighted by Gasteiger charge is -2.19. The molecule has 0 spiro atoms. The van der Waals surface area contributed by atoms with Gasteiger partial charge in [0.2, 0.25) is 0 Å². The van der Waals surface area contributed by atoms with Crippen LogP contribution in [0.4, 0.5) is 19.2 Å². The average molecular weight is 643 g/mol. The van der Waals surface area contributed by atoms with Crippen LogP contribution in [0.15, 0.2) is 34.7 Å². The summed E-state index contributed by atoms with van der Waals surface area (Å²) in [6, 6.07) is 8.18. The number of rotatable bonds is 11. The van der Waals surface area contributed by atoms with Crippen molar-refractivity contribution in [3.05, 3.63) is 36.1 Å². The van der Waals surface area contributed by atoms with E-state index < -0.39 is 35.6 Å². The third kappa shape index (κ3) is 10.9. The molecule has 46 heavy (non-hydrogen) atoms. The number of hydrogen-bond acceptors (Lipinski definition) is 10. The molecule has 0 saturated carbocycles. The van der Waals surface area contributed by atoms with Crippen molar-refractivity contribution in [3.8, 4) is 11.5 Å². The molecule has 0 atom stereocenters. The highest BCUT2D eigenvalue weighted by Gasteiger charge is 2.25. The molecule has 3 rings (SSSR count). The Labute approximate surface area is 266 Å². The predicted octanol–water partition coefficient (Wildman–Crippen LogP) is 5.80. The highest BCUT2D eigenvalue weighted by molar-refractivity contribution is 6.12. The van der Waals surface area contributed by atoms with Gasteiger partial charge in [0.1, 0.15) is 11.2 Å². The Morgan fingerprint density at radius 1 is 0.630 bits per heavy atom. The first-order valence-corrected chi connectivity index (χ1v) is 14.9. The number of Topliss-reactive ketones (excluding diaryl/α,β-unsaturated/α-hetero) is 1. The van der Waals surface area contributed by atoms with Gasteiger partial charge in [0.15, 0.2) is 28.6 Å². The average Bonchev–Trinajstić information content (AvgIpc) is 3.38. The van der Waals surface area contributed by atoms with E-state index in [1.807, 2.05) is 0 Å². The van der Waals surface area contributed by atoms with Crippen molar-refractivity contribution in [1.82, 2.24) is 21.3 Å². The van der Waals surface area contributed by atoms with Gasteiger partial charge in [-0.05, 0) is 60.5 Å². The molecule has 1 heterocycles. The number of ether oxygens (including phenoxy) is 4. The van der Waals surface area contributed by atoms with Crippen molar-refractivity contribution in [3.63, 3.8) is 0 Å². The van der Waals surface area contributed by atoms with E-state index in [0.29, 0.717) is 23.6 Å². The maximum atomic E-state index is 12.8. The fraction of sp³-hybridized carbons (Fsp3) is 0.469. The summed E-state index contributed by atoms with van der Waals surface area (Å²) in [6.07, 6.45) is -1.88. The maximum absolute atomic E-state index is 12.8. The lowest BCUT2D eigenvalue weighted by molar-refractivity contribution is 0.0515. The fourth-order valence-electron chi connectivity index (χ4n) is 4.08. The van der Waals surface area contributed by atoms with Crippen LogP contribution >= 0.6 is 0 Å². The van der Waals surface area contributed by atoms with E-state index in [1.165, 1.54) is 13.0 Å². The highest BCUT2D eigenvalue weighted by atomic mass is 16.6. The van der Waals surface area contributed by atoms with Crippen LogP contribution in [-0.4, -0.2) is 67.5 Å². The molecule has 0 aliphatic heterocycles. The molecule has 1 aromatic heterocycles. The maximum Gasteiger partial charge on any atom is 0.412 e. The Bertz CT molecular complexity index is 1470. The van der Waals surface area contributed by atoms with Gasteiger partial charge in [0, 0.05) is 43.9 Å². The molecule has 0 unspecified atom stereocenters. The lowest BCUT2D eigenvalue weighted by Crippen LogP contribution is -2.35. The van der Waals surface area contributed by atoms with Gasteiger partial charge < -0.3 is 44.6 Å². The fourth-order valence-corrected chi connectivity index (χ4v) is 4.08. The van der Waals surface area contributed by atoms with Gasteiger partial charge in [0.25, 0.3) is 0 Å². The molecule has 4 amide bonds.